The normalized spacial score (nSPS) is 19.4. The average Bonchev–Trinajstić information content (AvgIpc) is 2.80. The summed E-state index contributed by atoms with van der Waals surface area (Å²) < 4.78 is 0. The van der Waals surface area contributed by atoms with Crippen molar-refractivity contribution in [2.75, 3.05) is 0 Å². The van der Waals surface area contributed by atoms with Gasteiger partial charge >= 0.3 is 0 Å². The number of unbranched alkanes of at least 4 members (excludes halogenated alkanes) is 1. The molecule has 1 aliphatic rings. The fraction of sp³-hybridized carbons (Fsp3) is 1.00. The molecule has 0 aromatic carbocycles. The molecule has 0 heteroatoms. The van der Waals surface area contributed by atoms with Gasteiger partial charge in [-0.05, 0) is 24.2 Å². The Morgan fingerprint density at radius 2 is 1.77 bits per heavy atom. The van der Waals surface area contributed by atoms with E-state index in [1.54, 1.807) is 0 Å². The van der Waals surface area contributed by atoms with E-state index in [0.717, 1.165) is 17.8 Å². The van der Waals surface area contributed by atoms with Gasteiger partial charge in [-0.2, -0.15) is 0 Å². The Bertz CT molecular complexity index is 122. The van der Waals surface area contributed by atoms with Crippen LogP contribution in [0.1, 0.15) is 65.7 Å². The lowest BCUT2D eigenvalue weighted by Gasteiger charge is -2.13. The van der Waals surface area contributed by atoms with Crippen molar-refractivity contribution in [1.82, 2.24) is 0 Å². The van der Waals surface area contributed by atoms with Crippen LogP contribution < -0.4 is 0 Å². The van der Waals surface area contributed by atoms with Gasteiger partial charge in [-0.1, -0.05) is 59.3 Å². The molecule has 1 saturated carbocycles. The van der Waals surface area contributed by atoms with Crippen LogP contribution in [0.3, 0.4) is 0 Å². The second-order valence-corrected chi connectivity index (χ2v) is 5.46. The van der Waals surface area contributed by atoms with Crippen molar-refractivity contribution in [2.45, 2.75) is 65.7 Å². The van der Waals surface area contributed by atoms with Crippen molar-refractivity contribution in [3.63, 3.8) is 0 Å². The summed E-state index contributed by atoms with van der Waals surface area (Å²) in [6, 6.07) is 0. The molecule has 1 rings (SSSR count). The Kier molecular flexibility index (Phi) is 4.83. The first kappa shape index (κ1) is 11.1. The molecule has 1 unspecified atom stereocenters. The Morgan fingerprint density at radius 1 is 1.08 bits per heavy atom. The largest absolute Gasteiger partial charge is 0.0628 e. The van der Waals surface area contributed by atoms with Crippen molar-refractivity contribution in [2.24, 2.45) is 17.8 Å². The highest BCUT2D eigenvalue weighted by molar-refractivity contribution is 4.72. The van der Waals surface area contributed by atoms with E-state index in [2.05, 4.69) is 20.8 Å². The zero-order valence-corrected chi connectivity index (χ0v) is 9.68. The molecule has 0 saturated heterocycles. The van der Waals surface area contributed by atoms with E-state index < -0.39 is 0 Å². The molecule has 13 heavy (non-hydrogen) atoms. The first-order chi connectivity index (χ1) is 6.18. The highest BCUT2D eigenvalue weighted by Gasteiger charge is 2.20. The minimum Gasteiger partial charge on any atom is -0.0628 e. The minimum absolute atomic E-state index is 0.887. The average molecular weight is 182 g/mol. The van der Waals surface area contributed by atoms with Crippen molar-refractivity contribution >= 4 is 0 Å². The quantitative estimate of drug-likeness (QED) is 0.503. The van der Waals surface area contributed by atoms with Crippen LogP contribution >= 0.6 is 0 Å². The Morgan fingerprint density at radius 3 is 2.31 bits per heavy atom. The molecule has 0 aromatic heterocycles. The molecular formula is C13H26. The van der Waals surface area contributed by atoms with Gasteiger partial charge in [0.1, 0.15) is 0 Å². The third kappa shape index (κ3) is 6.12. The summed E-state index contributed by atoms with van der Waals surface area (Å²) >= 11 is 0. The lowest BCUT2D eigenvalue weighted by Crippen LogP contribution is -1.99. The fourth-order valence-corrected chi connectivity index (χ4v) is 2.25. The van der Waals surface area contributed by atoms with Gasteiger partial charge < -0.3 is 0 Å². The summed E-state index contributed by atoms with van der Waals surface area (Å²) in [7, 11) is 0. The number of rotatable bonds is 7. The van der Waals surface area contributed by atoms with Crippen LogP contribution in [0.5, 0.6) is 0 Å². The topological polar surface area (TPSA) is 0 Å². The van der Waals surface area contributed by atoms with Crippen LogP contribution in [0.15, 0.2) is 0 Å². The summed E-state index contributed by atoms with van der Waals surface area (Å²) in [4.78, 5) is 0. The second kappa shape index (κ2) is 5.67. The van der Waals surface area contributed by atoms with Crippen molar-refractivity contribution in [1.29, 1.82) is 0 Å². The maximum atomic E-state index is 2.41. The predicted octanol–water partition coefficient (Wildman–Crippen LogP) is 4.64. The van der Waals surface area contributed by atoms with Gasteiger partial charge in [0.05, 0.1) is 0 Å². The molecule has 0 aliphatic heterocycles. The van der Waals surface area contributed by atoms with Crippen LogP contribution in [0, 0.1) is 17.8 Å². The Labute approximate surface area is 84.1 Å². The van der Waals surface area contributed by atoms with E-state index in [1.165, 1.54) is 44.9 Å². The summed E-state index contributed by atoms with van der Waals surface area (Å²) in [5.74, 6) is 2.98. The predicted molar refractivity (Wildman–Crippen MR) is 59.8 cm³/mol. The van der Waals surface area contributed by atoms with Crippen LogP contribution in [0.25, 0.3) is 0 Å². The number of hydrogen-bond donors (Lipinski definition) is 0. The zero-order chi connectivity index (χ0) is 9.68. The monoisotopic (exact) mass is 182 g/mol. The molecule has 1 aliphatic carbocycles. The maximum Gasteiger partial charge on any atom is -0.0414 e. The summed E-state index contributed by atoms with van der Waals surface area (Å²) in [6.45, 7) is 7.08. The fourth-order valence-electron chi connectivity index (χ4n) is 2.25. The first-order valence-corrected chi connectivity index (χ1v) is 6.18. The van der Waals surface area contributed by atoms with Gasteiger partial charge in [-0.15, -0.1) is 0 Å². The van der Waals surface area contributed by atoms with Crippen molar-refractivity contribution in [3.8, 4) is 0 Å². The molecule has 0 aromatic rings. The summed E-state index contributed by atoms with van der Waals surface area (Å²) in [5, 5.41) is 0. The van der Waals surface area contributed by atoms with Crippen LogP contribution in [-0.2, 0) is 0 Å². The highest BCUT2D eigenvalue weighted by Crippen LogP contribution is 2.34. The lowest BCUT2D eigenvalue weighted by atomic mass is 9.93. The van der Waals surface area contributed by atoms with E-state index in [9.17, 15) is 0 Å². The van der Waals surface area contributed by atoms with Crippen molar-refractivity contribution < 1.29 is 0 Å². The van der Waals surface area contributed by atoms with Gasteiger partial charge in [-0.25, -0.2) is 0 Å². The molecule has 0 N–H and O–H groups in total. The molecule has 0 nitrogen and oxygen atoms in total. The molecular weight excluding hydrogens is 156 g/mol. The molecule has 1 atom stereocenters. The molecule has 0 bridgehead atoms. The van der Waals surface area contributed by atoms with Gasteiger partial charge in [0.25, 0.3) is 0 Å². The standard InChI is InChI=1S/C13H26/c1-11(2)10-12(3)6-4-5-7-13-8-9-13/h11-13H,4-10H2,1-3H3. The third-order valence-corrected chi connectivity index (χ3v) is 3.13. The molecule has 78 valence electrons. The van der Waals surface area contributed by atoms with Gasteiger partial charge in [0.15, 0.2) is 0 Å². The summed E-state index contributed by atoms with van der Waals surface area (Å²) in [5.41, 5.74) is 0. The van der Waals surface area contributed by atoms with E-state index in [0.29, 0.717) is 0 Å². The van der Waals surface area contributed by atoms with Crippen LogP contribution in [-0.4, -0.2) is 0 Å². The molecule has 0 amide bonds. The lowest BCUT2D eigenvalue weighted by molar-refractivity contribution is 0.397. The highest BCUT2D eigenvalue weighted by atomic mass is 14.3. The van der Waals surface area contributed by atoms with E-state index in [-0.39, 0.29) is 0 Å². The zero-order valence-electron chi connectivity index (χ0n) is 9.68. The Balaban J connectivity index is 1.85. The molecule has 0 heterocycles. The smallest absolute Gasteiger partial charge is 0.0414 e. The van der Waals surface area contributed by atoms with Crippen molar-refractivity contribution in [3.05, 3.63) is 0 Å². The second-order valence-electron chi connectivity index (χ2n) is 5.46. The molecule has 0 spiro atoms. The molecule has 1 fully saturated rings. The van der Waals surface area contributed by atoms with E-state index in [1.807, 2.05) is 0 Å². The van der Waals surface area contributed by atoms with Crippen LogP contribution in [0.2, 0.25) is 0 Å². The van der Waals surface area contributed by atoms with E-state index >= 15 is 0 Å². The van der Waals surface area contributed by atoms with Gasteiger partial charge in [0.2, 0.25) is 0 Å². The number of hydrogen-bond acceptors (Lipinski definition) is 0. The third-order valence-electron chi connectivity index (χ3n) is 3.13. The first-order valence-electron chi connectivity index (χ1n) is 6.18. The SMILES string of the molecule is CC(C)CC(C)CCCCC1CC1. The molecule has 0 radical (unpaired) electrons. The maximum absolute atomic E-state index is 2.41. The van der Waals surface area contributed by atoms with Gasteiger partial charge in [-0.3, -0.25) is 0 Å². The minimum atomic E-state index is 0.887. The van der Waals surface area contributed by atoms with E-state index in [4.69, 9.17) is 0 Å². The van der Waals surface area contributed by atoms with Gasteiger partial charge in [0, 0.05) is 0 Å². The van der Waals surface area contributed by atoms with Crippen LogP contribution in [0.4, 0.5) is 0 Å². The Hall–Kier alpha value is 0. The summed E-state index contributed by atoms with van der Waals surface area (Å²) in [6.07, 6.45) is 10.4.